The molecule has 1 aliphatic heterocycles. The summed E-state index contributed by atoms with van der Waals surface area (Å²) in [5.41, 5.74) is 12.8. The topological polar surface area (TPSA) is 24.3 Å². The normalized spacial score (nSPS) is 12.4. The molecular weight excluding hydrogens is 665 g/mol. The van der Waals surface area contributed by atoms with E-state index in [9.17, 15) is 0 Å². The minimum atomic E-state index is 0.745. The van der Waals surface area contributed by atoms with Gasteiger partial charge in [0.15, 0.2) is 0 Å². The number of nitrogens with zero attached hydrogens (tertiary/aromatic N) is 4. The highest BCUT2D eigenvalue weighted by Gasteiger charge is 2.30. The van der Waals surface area contributed by atoms with Crippen molar-refractivity contribution < 1.29 is 0 Å². The van der Waals surface area contributed by atoms with Crippen LogP contribution in [0.15, 0.2) is 194 Å². The van der Waals surface area contributed by atoms with E-state index in [1.807, 2.05) is 12.3 Å². The smallest absolute Gasteiger partial charge is 0.137 e. The summed E-state index contributed by atoms with van der Waals surface area (Å²) in [6.07, 6.45) is 1.87. The number of rotatable bonds is 7. The maximum absolute atomic E-state index is 4.82. The van der Waals surface area contributed by atoms with Gasteiger partial charge in [-0.1, -0.05) is 127 Å². The van der Waals surface area contributed by atoms with Gasteiger partial charge in [0, 0.05) is 28.3 Å². The van der Waals surface area contributed by atoms with Crippen molar-refractivity contribution in [2.45, 2.75) is 0 Å². The van der Waals surface area contributed by atoms with Crippen molar-refractivity contribution in [3.63, 3.8) is 0 Å². The summed E-state index contributed by atoms with van der Waals surface area (Å²) >= 11 is 1.79. The molecule has 4 nitrogen and oxygen atoms in total. The molecule has 0 bridgehead atoms. The van der Waals surface area contributed by atoms with Crippen LogP contribution in [0, 0.1) is 0 Å². The van der Waals surface area contributed by atoms with Gasteiger partial charge >= 0.3 is 0 Å². The average molecular weight is 699 g/mol. The molecular formula is C48H34N4S. The summed E-state index contributed by atoms with van der Waals surface area (Å²) in [4.78, 5) is 9.67. The van der Waals surface area contributed by atoms with Gasteiger partial charge in [-0.3, -0.25) is 4.57 Å². The van der Waals surface area contributed by atoms with Crippen LogP contribution in [0.1, 0.15) is 22.3 Å². The summed E-state index contributed by atoms with van der Waals surface area (Å²) in [7, 11) is 0. The van der Waals surface area contributed by atoms with Crippen LogP contribution >= 0.6 is 11.3 Å². The van der Waals surface area contributed by atoms with Gasteiger partial charge < -0.3 is 9.80 Å². The largest absolute Gasteiger partial charge is 0.320 e. The number of hydrogen-bond donors (Lipinski definition) is 0. The molecule has 0 spiro atoms. The molecule has 0 radical (unpaired) electrons. The van der Waals surface area contributed by atoms with Gasteiger partial charge in [-0.2, -0.15) is 0 Å². The van der Waals surface area contributed by atoms with Gasteiger partial charge in [0.1, 0.15) is 17.5 Å². The first-order valence-corrected chi connectivity index (χ1v) is 18.8. The summed E-state index contributed by atoms with van der Waals surface area (Å²) in [6.45, 7) is 0.745. The van der Waals surface area contributed by atoms with E-state index in [0.29, 0.717) is 0 Å². The molecule has 5 heteroatoms. The van der Waals surface area contributed by atoms with Crippen molar-refractivity contribution in [1.82, 2.24) is 9.55 Å². The van der Waals surface area contributed by atoms with E-state index in [0.717, 1.165) is 40.3 Å². The molecule has 6 aromatic carbocycles. The molecule has 4 heterocycles. The van der Waals surface area contributed by atoms with E-state index in [1.165, 1.54) is 49.4 Å². The monoisotopic (exact) mass is 698 g/mol. The Labute approximate surface area is 312 Å². The third-order valence-corrected chi connectivity index (χ3v) is 11.1. The second-order valence-corrected chi connectivity index (χ2v) is 14.1. The average Bonchev–Trinajstić information content (AvgIpc) is 3.94. The Hall–Kier alpha value is -6.69. The van der Waals surface area contributed by atoms with E-state index in [4.69, 9.17) is 4.98 Å². The molecule has 0 aliphatic carbocycles. The van der Waals surface area contributed by atoms with Crippen LogP contribution in [0.3, 0.4) is 0 Å². The summed E-state index contributed by atoms with van der Waals surface area (Å²) in [5.74, 6) is 0.901. The minimum absolute atomic E-state index is 0.745. The molecule has 0 saturated heterocycles. The Morgan fingerprint density at radius 3 is 1.85 bits per heavy atom. The zero-order chi connectivity index (χ0) is 35.1. The number of pyridine rings is 1. The summed E-state index contributed by atoms with van der Waals surface area (Å²) < 4.78 is 2.30. The number of hydrogen-bond acceptors (Lipinski definition) is 4. The molecule has 3 aromatic heterocycles. The molecule has 0 unspecified atom stereocenters. The first kappa shape index (κ1) is 31.1. The van der Waals surface area contributed by atoms with E-state index < -0.39 is 0 Å². The van der Waals surface area contributed by atoms with Crippen molar-refractivity contribution in [3.05, 3.63) is 216 Å². The van der Waals surface area contributed by atoms with Gasteiger partial charge in [-0.05, 0) is 93.4 Å². The molecule has 9 aromatic rings. The van der Waals surface area contributed by atoms with Crippen LogP contribution in [0.2, 0.25) is 0 Å². The zero-order valence-corrected chi connectivity index (χ0v) is 29.7. The van der Waals surface area contributed by atoms with Crippen LogP contribution in [0.5, 0.6) is 0 Å². The summed E-state index contributed by atoms with van der Waals surface area (Å²) in [6, 6.07) is 65.4. The van der Waals surface area contributed by atoms with Crippen LogP contribution in [-0.4, -0.2) is 16.2 Å². The zero-order valence-electron chi connectivity index (χ0n) is 28.9. The third kappa shape index (κ3) is 5.41. The lowest BCUT2D eigenvalue weighted by atomic mass is 9.85. The Kier molecular flexibility index (Phi) is 7.70. The number of fused-ring (bicyclic) bond motifs is 4. The van der Waals surface area contributed by atoms with Crippen LogP contribution in [0.4, 0.5) is 22.1 Å². The minimum Gasteiger partial charge on any atom is -0.320 e. The molecule has 0 fully saturated rings. The predicted octanol–water partition coefficient (Wildman–Crippen LogP) is 12.5. The van der Waals surface area contributed by atoms with E-state index in [1.54, 1.807) is 11.3 Å². The van der Waals surface area contributed by atoms with Crippen LogP contribution < -0.4 is 9.80 Å². The number of benzene rings is 6. The second-order valence-electron chi connectivity index (χ2n) is 13.2. The molecule has 0 N–H and O–H groups in total. The maximum Gasteiger partial charge on any atom is 0.137 e. The number of thiophene rings is 1. The molecule has 0 saturated carbocycles. The number of para-hydroxylation sites is 2. The SMILES string of the molecule is c1ccc(C(=C(c2cccc(N3CN(c4ccccc4)c4sccc43)c2)c2ccc3c4ccccc4n(-c4ccccn4)c3c2)c2ccccc2)cc1. The molecule has 252 valence electrons. The fourth-order valence-corrected chi connectivity index (χ4v) is 8.74. The Morgan fingerprint density at radius 1 is 0.472 bits per heavy atom. The van der Waals surface area contributed by atoms with Gasteiger partial charge in [0.2, 0.25) is 0 Å². The van der Waals surface area contributed by atoms with Crippen molar-refractivity contribution in [1.29, 1.82) is 0 Å². The molecule has 10 rings (SSSR count). The Morgan fingerprint density at radius 2 is 1.09 bits per heavy atom. The van der Waals surface area contributed by atoms with Crippen molar-refractivity contribution in [2.75, 3.05) is 16.5 Å². The third-order valence-electron chi connectivity index (χ3n) is 10.2. The van der Waals surface area contributed by atoms with Gasteiger partial charge in [-0.25, -0.2) is 4.98 Å². The van der Waals surface area contributed by atoms with Crippen LogP contribution in [0.25, 0.3) is 38.8 Å². The van der Waals surface area contributed by atoms with E-state index in [2.05, 4.69) is 196 Å². The lowest BCUT2D eigenvalue weighted by molar-refractivity contribution is 0.993. The number of anilines is 4. The fraction of sp³-hybridized carbons (Fsp3) is 0.0208. The van der Waals surface area contributed by atoms with Crippen LogP contribution in [-0.2, 0) is 0 Å². The highest BCUT2D eigenvalue weighted by atomic mass is 32.1. The first-order chi connectivity index (χ1) is 26.3. The molecule has 0 atom stereocenters. The maximum atomic E-state index is 4.82. The Balaban J connectivity index is 1.22. The van der Waals surface area contributed by atoms with Crippen molar-refractivity contribution in [2.24, 2.45) is 0 Å². The molecule has 1 aliphatic rings. The lowest BCUT2D eigenvalue weighted by Gasteiger charge is -2.24. The standard InChI is InChI=1S/C48H34N4S/c1-4-15-34(16-5-1)46(35-17-6-2-7-18-35)47(37-26-27-41-40-23-10-11-24-42(40)52(44(41)32-37)45-25-12-13-29-49-45)36-19-14-22-39(31-36)50-33-51(38-20-8-3-9-21-38)48-43(50)28-30-53-48/h1-32H,33H2. The molecule has 53 heavy (non-hydrogen) atoms. The summed E-state index contributed by atoms with van der Waals surface area (Å²) in [5, 5.41) is 5.87. The van der Waals surface area contributed by atoms with Crippen molar-refractivity contribution >= 4 is 66.4 Å². The second kappa shape index (κ2) is 13.1. The highest BCUT2D eigenvalue weighted by Crippen LogP contribution is 2.48. The van der Waals surface area contributed by atoms with Crippen molar-refractivity contribution in [3.8, 4) is 5.82 Å². The van der Waals surface area contributed by atoms with Gasteiger partial charge in [0.25, 0.3) is 0 Å². The molecule has 0 amide bonds. The fourth-order valence-electron chi connectivity index (χ4n) is 7.82. The Bertz CT molecular complexity index is 2710. The first-order valence-electron chi connectivity index (χ1n) is 17.9. The predicted molar refractivity (Wildman–Crippen MR) is 223 cm³/mol. The van der Waals surface area contributed by atoms with E-state index >= 15 is 0 Å². The highest BCUT2D eigenvalue weighted by molar-refractivity contribution is 7.15. The van der Waals surface area contributed by atoms with Gasteiger partial charge in [-0.15, -0.1) is 11.3 Å². The van der Waals surface area contributed by atoms with Gasteiger partial charge in [0.05, 0.1) is 16.7 Å². The quantitative estimate of drug-likeness (QED) is 0.155. The lowest BCUT2D eigenvalue weighted by Crippen LogP contribution is -2.24. The van der Waals surface area contributed by atoms with E-state index in [-0.39, 0.29) is 0 Å². The number of aromatic nitrogens is 2.